The van der Waals surface area contributed by atoms with Gasteiger partial charge in [-0.15, -0.1) is 0 Å². The second-order valence-electron chi connectivity index (χ2n) is 4.70. The lowest BCUT2D eigenvalue weighted by Crippen LogP contribution is -2.29. The summed E-state index contributed by atoms with van der Waals surface area (Å²) in [7, 11) is 0. The molecule has 0 radical (unpaired) electrons. The molecule has 1 aromatic carbocycles. The summed E-state index contributed by atoms with van der Waals surface area (Å²) in [6.45, 7) is 5.09. The molecular weight excluding hydrogens is 196 g/mol. The summed E-state index contributed by atoms with van der Waals surface area (Å²) < 4.78 is 27.1. The van der Waals surface area contributed by atoms with Gasteiger partial charge in [0.05, 0.1) is 6.54 Å². The number of rotatable bonds is 2. The Morgan fingerprint density at radius 1 is 1.07 bits per heavy atom. The summed E-state index contributed by atoms with van der Waals surface area (Å²) in [6.07, 6.45) is 0. The average Bonchev–Trinajstić information content (AvgIpc) is 2.16. The molecule has 0 unspecified atom stereocenters. The number of alkyl halides is 2. The van der Waals surface area contributed by atoms with Crippen molar-refractivity contribution in [2.75, 3.05) is 6.54 Å². The maximum atomic E-state index is 13.6. The molecule has 84 valence electrons. The lowest BCUT2D eigenvalue weighted by Gasteiger charge is -2.26. The number of nitrogens with two attached hydrogens (primary N) is 1. The van der Waals surface area contributed by atoms with Crippen molar-refractivity contribution in [2.45, 2.75) is 32.1 Å². The van der Waals surface area contributed by atoms with Crippen molar-refractivity contribution in [3.05, 3.63) is 35.4 Å². The summed E-state index contributed by atoms with van der Waals surface area (Å²) in [5, 5.41) is 0. The minimum atomic E-state index is -2.94. The van der Waals surface area contributed by atoms with Crippen molar-refractivity contribution in [3.8, 4) is 0 Å². The summed E-state index contributed by atoms with van der Waals surface area (Å²) in [4.78, 5) is 0. The monoisotopic (exact) mass is 213 g/mol. The molecule has 3 heteroatoms. The highest BCUT2D eigenvalue weighted by Crippen LogP contribution is 2.35. The Hall–Kier alpha value is -0.960. The van der Waals surface area contributed by atoms with Crippen LogP contribution in [0.25, 0.3) is 0 Å². The van der Waals surface area contributed by atoms with E-state index < -0.39 is 12.5 Å². The van der Waals surface area contributed by atoms with Crippen LogP contribution in [0, 0.1) is 0 Å². The topological polar surface area (TPSA) is 26.0 Å². The molecule has 0 heterocycles. The van der Waals surface area contributed by atoms with Crippen LogP contribution in [-0.4, -0.2) is 6.54 Å². The van der Waals surface area contributed by atoms with Crippen LogP contribution in [-0.2, 0) is 11.3 Å². The molecule has 0 aliphatic carbocycles. The third kappa shape index (κ3) is 2.53. The Bertz CT molecular complexity index is 340. The Kier molecular flexibility index (Phi) is 3.14. The van der Waals surface area contributed by atoms with Gasteiger partial charge in [-0.2, -0.15) is 8.78 Å². The average molecular weight is 213 g/mol. The van der Waals surface area contributed by atoms with Gasteiger partial charge in [0.1, 0.15) is 0 Å². The van der Waals surface area contributed by atoms with E-state index in [0.29, 0.717) is 5.56 Å². The fourth-order valence-corrected chi connectivity index (χ4v) is 1.57. The Morgan fingerprint density at radius 3 is 1.93 bits per heavy atom. The van der Waals surface area contributed by atoms with E-state index in [0.717, 1.165) is 0 Å². The zero-order chi connectivity index (χ0) is 11.7. The third-order valence-electron chi connectivity index (χ3n) is 2.39. The first-order valence-electron chi connectivity index (χ1n) is 4.97. The molecule has 2 N–H and O–H groups in total. The smallest absolute Gasteiger partial charge is 0.285 e. The maximum Gasteiger partial charge on any atom is 0.285 e. The van der Waals surface area contributed by atoms with Crippen LogP contribution in [0.2, 0.25) is 0 Å². The minimum Gasteiger partial charge on any atom is -0.325 e. The standard InChI is InChI=1S/C12H17F2N/c1-11(2,3)9-6-4-5-7-10(9)12(13,14)8-15/h4-7H,8,15H2,1-3H3. The molecule has 1 nitrogen and oxygen atoms in total. The van der Waals surface area contributed by atoms with Gasteiger partial charge in [-0.05, 0) is 11.0 Å². The van der Waals surface area contributed by atoms with Gasteiger partial charge in [0.25, 0.3) is 5.92 Å². The molecule has 1 rings (SSSR count). The fourth-order valence-electron chi connectivity index (χ4n) is 1.57. The number of halogens is 2. The van der Waals surface area contributed by atoms with Crippen LogP contribution in [0.15, 0.2) is 24.3 Å². The molecule has 0 bridgehead atoms. The third-order valence-corrected chi connectivity index (χ3v) is 2.39. The van der Waals surface area contributed by atoms with E-state index in [4.69, 9.17) is 5.73 Å². The van der Waals surface area contributed by atoms with Gasteiger partial charge in [0, 0.05) is 5.56 Å². The van der Waals surface area contributed by atoms with Crippen molar-refractivity contribution in [1.29, 1.82) is 0 Å². The van der Waals surface area contributed by atoms with E-state index in [1.807, 2.05) is 20.8 Å². The van der Waals surface area contributed by atoms with E-state index in [2.05, 4.69) is 0 Å². The van der Waals surface area contributed by atoms with E-state index in [9.17, 15) is 8.78 Å². The van der Waals surface area contributed by atoms with Crippen LogP contribution in [0.4, 0.5) is 8.78 Å². The lowest BCUT2D eigenvalue weighted by molar-refractivity contribution is 0.00423. The molecule has 0 aliphatic heterocycles. The molecular formula is C12H17F2N. The highest BCUT2D eigenvalue weighted by molar-refractivity contribution is 5.36. The van der Waals surface area contributed by atoms with E-state index in [1.165, 1.54) is 6.07 Å². The highest BCUT2D eigenvalue weighted by Gasteiger charge is 2.34. The van der Waals surface area contributed by atoms with Crippen molar-refractivity contribution in [2.24, 2.45) is 5.73 Å². The summed E-state index contributed by atoms with van der Waals surface area (Å²) in [5.41, 5.74) is 5.50. The van der Waals surface area contributed by atoms with E-state index in [-0.39, 0.29) is 11.0 Å². The molecule has 1 aromatic rings. The fraction of sp³-hybridized carbons (Fsp3) is 0.500. The lowest BCUT2D eigenvalue weighted by atomic mass is 9.82. The zero-order valence-corrected chi connectivity index (χ0v) is 9.35. The van der Waals surface area contributed by atoms with Crippen molar-refractivity contribution in [3.63, 3.8) is 0 Å². The quantitative estimate of drug-likeness (QED) is 0.802. The highest BCUT2D eigenvalue weighted by atomic mass is 19.3. The van der Waals surface area contributed by atoms with Gasteiger partial charge >= 0.3 is 0 Å². The number of hydrogen-bond donors (Lipinski definition) is 1. The van der Waals surface area contributed by atoms with Crippen molar-refractivity contribution < 1.29 is 8.78 Å². The van der Waals surface area contributed by atoms with Crippen LogP contribution < -0.4 is 5.73 Å². The SMILES string of the molecule is CC(C)(C)c1ccccc1C(F)(F)CN. The maximum absolute atomic E-state index is 13.6. The van der Waals surface area contributed by atoms with Crippen LogP contribution in [0.3, 0.4) is 0 Å². The zero-order valence-electron chi connectivity index (χ0n) is 9.35. The van der Waals surface area contributed by atoms with E-state index in [1.54, 1.807) is 18.2 Å². The molecule has 0 saturated carbocycles. The van der Waals surface area contributed by atoms with Gasteiger partial charge < -0.3 is 5.73 Å². The molecule has 15 heavy (non-hydrogen) atoms. The molecule has 0 saturated heterocycles. The predicted octanol–water partition coefficient (Wildman–Crippen LogP) is 3.03. The second-order valence-corrected chi connectivity index (χ2v) is 4.70. The molecule has 0 fully saturated rings. The normalized spacial score (nSPS) is 12.9. The van der Waals surface area contributed by atoms with Crippen LogP contribution in [0.5, 0.6) is 0 Å². The van der Waals surface area contributed by atoms with Crippen molar-refractivity contribution in [1.82, 2.24) is 0 Å². The number of hydrogen-bond acceptors (Lipinski definition) is 1. The first-order chi connectivity index (χ1) is 6.79. The summed E-state index contributed by atoms with van der Waals surface area (Å²) in [6, 6.07) is 6.58. The first-order valence-corrected chi connectivity index (χ1v) is 4.97. The second kappa shape index (κ2) is 3.89. The Labute approximate surface area is 89.3 Å². The summed E-state index contributed by atoms with van der Waals surface area (Å²) >= 11 is 0. The van der Waals surface area contributed by atoms with Gasteiger partial charge in [-0.3, -0.25) is 0 Å². The van der Waals surface area contributed by atoms with Gasteiger partial charge in [0.15, 0.2) is 0 Å². The first kappa shape index (κ1) is 12.1. The largest absolute Gasteiger partial charge is 0.325 e. The Morgan fingerprint density at radius 2 is 1.53 bits per heavy atom. The summed E-state index contributed by atoms with van der Waals surface area (Å²) in [5.74, 6) is -2.94. The Balaban J connectivity index is 3.31. The minimum absolute atomic E-state index is 0.0417. The molecule has 0 aliphatic rings. The van der Waals surface area contributed by atoms with E-state index >= 15 is 0 Å². The molecule has 0 atom stereocenters. The van der Waals surface area contributed by atoms with Gasteiger partial charge in [0.2, 0.25) is 0 Å². The van der Waals surface area contributed by atoms with Crippen molar-refractivity contribution >= 4 is 0 Å². The van der Waals surface area contributed by atoms with Crippen LogP contribution >= 0.6 is 0 Å². The molecule has 0 spiro atoms. The number of benzene rings is 1. The van der Waals surface area contributed by atoms with Gasteiger partial charge in [-0.25, -0.2) is 0 Å². The molecule has 0 aromatic heterocycles. The van der Waals surface area contributed by atoms with Gasteiger partial charge in [-0.1, -0.05) is 45.0 Å². The molecule has 0 amide bonds. The van der Waals surface area contributed by atoms with Crippen LogP contribution in [0.1, 0.15) is 31.9 Å². The predicted molar refractivity (Wildman–Crippen MR) is 58.1 cm³/mol.